The molecule has 0 radical (unpaired) electrons. The van der Waals surface area contributed by atoms with Gasteiger partial charge in [-0.3, -0.25) is 19.3 Å². The van der Waals surface area contributed by atoms with E-state index >= 15 is 0 Å². The molecule has 0 unspecified atom stereocenters. The molecule has 1 fully saturated rings. The normalized spacial score (nSPS) is 15.4. The van der Waals surface area contributed by atoms with Gasteiger partial charge in [0, 0.05) is 23.6 Å². The molecule has 30 heavy (non-hydrogen) atoms. The molecule has 1 aliphatic rings. The summed E-state index contributed by atoms with van der Waals surface area (Å²) in [6.07, 6.45) is 3.98. The molecule has 0 atom stereocenters. The number of carbonyl (C=O) groups excluding carboxylic acids is 3. The fourth-order valence-corrected chi connectivity index (χ4v) is 4.10. The highest BCUT2D eigenvalue weighted by molar-refractivity contribution is 8.18. The second kappa shape index (κ2) is 8.54. The molecule has 4 rings (SSSR count). The molecular weight excluding hydrogens is 405 g/mol. The van der Waals surface area contributed by atoms with Gasteiger partial charge < -0.3 is 10.3 Å². The summed E-state index contributed by atoms with van der Waals surface area (Å²) in [6.45, 7) is 0.0368. The molecule has 2 aromatic carbocycles. The number of amides is 3. The Hall–Kier alpha value is -3.39. The van der Waals surface area contributed by atoms with E-state index in [4.69, 9.17) is 0 Å². The maximum absolute atomic E-state index is 13.3. The number of aromatic nitrogens is 1. The molecule has 2 heterocycles. The minimum absolute atomic E-state index is 0.164. The van der Waals surface area contributed by atoms with E-state index in [0.29, 0.717) is 18.5 Å². The number of thioether (sulfide) groups is 1. The van der Waals surface area contributed by atoms with Crippen LogP contribution in [0, 0.1) is 5.82 Å². The van der Waals surface area contributed by atoms with Gasteiger partial charge >= 0.3 is 0 Å². The molecule has 2 N–H and O–H groups in total. The van der Waals surface area contributed by atoms with Crippen LogP contribution < -0.4 is 5.32 Å². The van der Waals surface area contributed by atoms with Crippen molar-refractivity contribution in [3.63, 3.8) is 0 Å². The van der Waals surface area contributed by atoms with Gasteiger partial charge in [0.05, 0.1) is 4.91 Å². The van der Waals surface area contributed by atoms with Crippen LogP contribution in [0.15, 0.2) is 59.6 Å². The number of nitrogens with one attached hydrogen (secondary N) is 2. The number of nitrogens with zero attached hydrogens (tertiary/aromatic N) is 1. The van der Waals surface area contributed by atoms with Gasteiger partial charge in [-0.15, -0.1) is 0 Å². The smallest absolute Gasteiger partial charge is 0.294 e. The number of imide groups is 1. The Balaban J connectivity index is 1.34. The first kappa shape index (κ1) is 19.9. The quantitative estimate of drug-likeness (QED) is 0.593. The molecule has 0 spiro atoms. The van der Waals surface area contributed by atoms with Crippen molar-refractivity contribution in [1.29, 1.82) is 0 Å². The molecule has 1 saturated heterocycles. The summed E-state index contributed by atoms with van der Waals surface area (Å²) < 4.78 is 13.3. The van der Waals surface area contributed by atoms with Gasteiger partial charge in [-0.25, -0.2) is 4.39 Å². The molecule has 3 aromatic rings. The third-order valence-electron chi connectivity index (χ3n) is 4.71. The molecule has 6 nitrogen and oxygen atoms in total. The van der Waals surface area contributed by atoms with E-state index in [2.05, 4.69) is 10.3 Å². The molecule has 0 bridgehead atoms. The van der Waals surface area contributed by atoms with Gasteiger partial charge in [0.25, 0.3) is 11.1 Å². The average molecular weight is 423 g/mol. The number of carbonyl (C=O) groups is 3. The van der Waals surface area contributed by atoms with E-state index in [1.54, 1.807) is 6.07 Å². The second-order valence-corrected chi connectivity index (χ2v) is 7.78. The van der Waals surface area contributed by atoms with Crippen LogP contribution in [0.4, 0.5) is 9.18 Å². The van der Waals surface area contributed by atoms with Crippen LogP contribution in [0.25, 0.3) is 17.0 Å². The number of rotatable bonds is 6. The lowest BCUT2D eigenvalue weighted by Gasteiger charge is -2.12. The van der Waals surface area contributed by atoms with Crippen molar-refractivity contribution in [2.24, 2.45) is 0 Å². The number of benzene rings is 2. The highest BCUT2D eigenvalue weighted by atomic mass is 32.2. The number of fused-ring (bicyclic) bond motifs is 1. The van der Waals surface area contributed by atoms with E-state index in [9.17, 15) is 18.8 Å². The lowest BCUT2D eigenvalue weighted by Crippen LogP contribution is -2.40. The van der Waals surface area contributed by atoms with E-state index in [0.717, 1.165) is 33.1 Å². The third kappa shape index (κ3) is 4.28. The largest absolute Gasteiger partial charge is 0.361 e. The van der Waals surface area contributed by atoms with E-state index in [-0.39, 0.29) is 11.4 Å². The number of H-pyrrole nitrogens is 1. The predicted octanol–water partition coefficient (Wildman–Crippen LogP) is 3.70. The van der Waals surface area contributed by atoms with Crippen molar-refractivity contribution in [3.8, 4) is 0 Å². The van der Waals surface area contributed by atoms with Crippen molar-refractivity contribution in [1.82, 2.24) is 15.2 Å². The van der Waals surface area contributed by atoms with Crippen molar-refractivity contribution < 1.29 is 18.8 Å². The van der Waals surface area contributed by atoms with Gasteiger partial charge in [-0.2, -0.15) is 0 Å². The summed E-state index contributed by atoms with van der Waals surface area (Å²) in [6, 6.07) is 13.6. The van der Waals surface area contributed by atoms with Gasteiger partial charge in [-0.05, 0) is 53.6 Å². The number of para-hydroxylation sites is 1. The Morgan fingerprint density at radius 3 is 2.83 bits per heavy atom. The summed E-state index contributed by atoms with van der Waals surface area (Å²) in [5, 5.41) is 3.33. The van der Waals surface area contributed by atoms with E-state index < -0.39 is 22.9 Å². The summed E-state index contributed by atoms with van der Waals surface area (Å²) >= 11 is 0.740. The molecule has 152 valence electrons. The molecule has 1 aliphatic heterocycles. The summed E-state index contributed by atoms with van der Waals surface area (Å²) in [4.78, 5) is 41.1. The molecule has 8 heteroatoms. The maximum Gasteiger partial charge on any atom is 0.294 e. The maximum atomic E-state index is 13.3. The molecule has 3 amide bonds. The Labute approximate surface area is 176 Å². The van der Waals surface area contributed by atoms with Crippen LogP contribution in [0.3, 0.4) is 0 Å². The molecule has 1 aromatic heterocycles. The molecular formula is C22H18FN3O3S. The Morgan fingerprint density at radius 2 is 2.00 bits per heavy atom. The lowest BCUT2D eigenvalue weighted by molar-refractivity contribution is -0.129. The first-order chi connectivity index (χ1) is 14.5. The average Bonchev–Trinajstić information content (AvgIpc) is 3.24. The third-order valence-corrected chi connectivity index (χ3v) is 5.62. The molecule has 0 aliphatic carbocycles. The first-order valence-electron chi connectivity index (χ1n) is 9.34. The number of hydrogen-bond acceptors (Lipinski definition) is 4. The number of hydrogen-bond donors (Lipinski definition) is 2. The second-order valence-electron chi connectivity index (χ2n) is 6.78. The topological polar surface area (TPSA) is 82.3 Å². The Bertz CT molecular complexity index is 1170. The van der Waals surface area contributed by atoms with E-state index in [1.807, 2.05) is 30.5 Å². The van der Waals surface area contributed by atoms with Crippen molar-refractivity contribution in [2.45, 2.75) is 6.42 Å². The van der Waals surface area contributed by atoms with Gasteiger partial charge in [-0.1, -0.05) is 30.3 Å². The lowest BCUT2D eigenvalue weighted by atomic mass is 10.1. The van der Waals surface area contributed by atoms with Gasteiger partial charge in [0.2, 0.25) is 5.91 Å². The fourth-order valence-electron chi connectivity index (χ4n) is 3.26. The highest BCUT2D eigenvalue weighted by Gasteiger charge is 2.36. The first-order valence-corrected chi connectivity index (χ1v) is 10.2. The monoisotopic (exact) mass is 423 g/mol. The number of halogens is 1. The zero-order valence-electron chi connectivity index (χ0n) is 15.9. The minimum atomic E-state index is -0.555. The van der Waals surface area contributed by atoms with E-state index in [1.165, 1.54) is 24.3 Å². The van der Waals surface area contributed by atoms with Crippen LogP contribution >= 0.6 is 11.8 Å². The highest BCUT2D eigenvalue weighted by Crippen LogP contribution is 2.32. The van der Waals surface area contributed by atoms with Gasteiger partial charge in [0.15, 0.2) is 0 Å². The number of aromatic amines is 1. The van der Waals surface area contributed by atoms with Crippen LogP contribution in [0.1, 0.15) is 11.1 Å². The minimum Gasteiger partial charge on any atom is -0.361 e. The fraction of sp³-hybridized carbons (Fsp3) is 0.136. The van der Waals surface area contributed by atoms with Crippen LogP contribution in [-0.4, -0.2) is 40.0 Å². The zero-order valence-corrected chi connectivity index (χ0v) is 16.7. The van der Waals surface area contributed by atoms with Crippen LogP contribution in [0.2, 0.25) is 0 Å². The summed E-state index contributed by atoms with van der Waals surface area (Å²) in [5.41, 5.74) is 2.58. The summed E-state index contributed by atoms with van der Waals surface area (Å²) in [5.74, 6) is -1.40. The van der Waals surface area contributed by atoms with Crippen molar-refractivity contribution in [3.05, 3.63) is 76.6 Å². The SMILES string of the molecule is O=C(CN1C(=O)S/C(=C\c2cccc(F)c2)C1=O)NCCc1c[nH]c2ccccc12. The van der Waals surface area contributed by atoms with Crippen LogP contribution in [0.5, 0.6) is 0 Å². The zero-order chi connectivity index (χ0) is 21.1. The standard InChI is InChI=1S/C22H18FN3O3S/c23-16-5-3-4-14(10-16)11-19-21(28)26(22(29)30-19)13-20(27)24-9-8-15-12-25-18-7-2-1-6-17(15)18/h1-7,10-12,25H,8-9,13H2,(H,24,27)/b19-11-. The Kier molecular flexibility index (Phi) is 5.67. The summed E-state index contributed by atoms with van der Waals surface area (Å²) in [7, 11) is 0. The van der Waals surface area contributed by atoms with Crippen LogP contribution in [-0.2, 0) is 16.0 Å². The predicted molar refractivity (Wildman–Crippen MR) is 114 cm³/mol. The van der Waals surface area contributed by atoms with Crippen molar-refractivity contribution in [2.75, 3.05) is 13.1 Å². The van der Waals surface area contributed by atoms with Gasteiger partial charge in [0.1, 0.15) is 12.4 Å². The van der Waals surface area contributed by atoms with Crippen molar-refractivity contribution >= 4 is 45.8 Å². The Morgan fingerprint density at radius 1 is 1.17 bits per heavy atom. The molecule has 0 saturated carbocycles.